The summed E-state index contributed by atoms with van der Waals surface area (Å²) in [6.07, 6.45) is 2.75. The largest absolute Gasteiger partial charge is 0.381 e. The van der Waals surface area contributed by atoms with Crippen molar-refractivity contribution >= 4 is 11.4 Å². The zero-order valence-electron chi connectivity index (χ0n) is 11.7. The molecule has 6 nitrogen and oxygen atoms in total. The highest BCUT2D eigenvalue weighted by atomic mass is 19.1. The summed E-state index contributed by atoms with van der Waals surface area (Å²) in [5, 5.41) is 13.7. The number of nitrogens with one attached hydrogen (secondary N) is 1. The van der Waals surface area contributed by atoms with Crippen molar-refractivity contribution in [2.24, 2.45) is 0 Å². The van der Waals surface area contributed by atoms with Crippen LogP contribution in [0.3, 0.4) is 0 Å². The predicted octanol–water partition coefficient (Wildman–Crippen LogP) is 2.73. The summed E-state index contributed by atoms with van der Waals surface area (Å²) in [7, 11) is 0. The van der Waals surface area contributed by atoms with Crippen LogP contribution in [-0.2, 0) is 9.47 Å². The number of halogens is 1. The summed E-state index contributed by atoms with van der Waals surface area (Å²) in [6, 6.07) is 4.03. The van der Waals surface area contributed by atoms with Gasteiger partial charge >= 0.3 is 5.69 Å². The second-order valence-corrected chi connectivity index (χ2v) is 4.86. The number of hydrogen-bond donors (Lipinski definition) is 1. The third-order valence-corrected chi connectivity index (χ3v) is 3.33. The van der Waals surface area contributed by atoms with Gasteiger partial charge in [-0.1, -0.05) is 6.07 Å². The quantitative estimate of drug-likeness (QED) is 0.476. The molecule has 0 amide bonds. The second-order valence-electron chi connectivity index (χ2n) is 4.86. The van der Waals surface area contributed by atoms with Crippen LogP contribution in [0.15, 0.2) is 18.2 Å². The normalized spacial score (nSPS) is 15.9. The third-order valence-electron chi connectivity index (χ3n) is 3.33. The average molecular weight is 298 g/mol. The van der Waals surface area contributed by atoms with E-state index in [2.05, 4.69) is 5.32 Å². The number of nitro groups is 1. The van der Waals surface area contributed by atoms with Crippen LogP contribution in [0.1, 0.15) is 19.3 Å². The first-order valence-corrected chi connectivity index (χ1v) is 7.04. The lowest BCUT2D eigenvalue weighted by Gasteiger charge is -2.22. The molecular formula is C14H19FN2O4. The van der Waals surface area contributed by atoms with E-state index in [-0.39, 0.29) is 11.8 Å². The first-order valence-electron chi connectivity index (χ1n) is 7.04. The van der Waals surface area contributed by atoms with Gasteiger partial charge in [0.2, 0.25) is 5.82 Å². The molecule has 1 fully saturated rings. The molecule has 0 aromatic heterocycles. The molecule has 0 spiro atoms. The van der Waals surface area contributed by atoms with E-state index >= 15 is 0 Å². The number of para-hydroxylation sites is 1. The third kappa shape index (κ3) is 4.64. The molecule has 0 unspecified atom stereocenters. The molecule has 0 aliphatic carbocycles. The molecule has 1 aromatic rings. The van der Waals surface area contributed by atoms with E-state index in [4.69, 9.17) is 9.47 Å². The first-order chi connectivity index (χ1) is 10.2. The van der Waals surface area contributed by atoms with Crippen molar-refractivity contribution in [3.8, 4) is 0 Å². The van der Waals surface area contributed by atoms with Crippen molar-refractivity contribution in [1.29, 1.82) is 0 Å². The van der Waals surface area contributed by atoms with E-state index in [0.717, 1.165) is 32.1 Å². The molecule has 0 radical (unpaired) electrons. The number of anilines is 1. The standard InChI is InChI=1S/C14H19FN2O4/c15-12-3-1-4-13(14(12)17(18)19)16-7-2-8-21-11-5-9-20-10-6-11/h1,3-4,11,16H,2,5-10H2. The highest BCUT2D eigenvalue weighted by Gasteiger charge is 2.19. The zero-order valence-corrected chi connectivity index (χ0v) is 11.7. The molecule has 1 aromatic carbocycles. The lowest BCUT2D eigenvalue weighted by Crippen LogP contribution is -2.24. The van der Waals surface area contributed by atoms with Crippen molar-refractivity contribution in [2.75, 3.05) is 31.7 Å². The van der Waals surface area contributed by atoms with Crippen LogP contribution in [-0.4, -0.2) is 37.4 Å². The van der Waals surface area contributed by atoms with Gasteiger partial charge < -0.3 is 14.8 Å². The Kier molecular flexibility index (Phi) is 5.89. The van der Waals surface area contributed by atoms with Gasteiger partial charge in [0, 0.05) is 26.4 Å². The number of rotatable bonds is 7. The molecular weight excluding hydrogens is 279 g/mol. The Labute approximate surface area is 122 Å². The van der Waals surface area contributed by atoms with Crippen LogP contribution in [0, 0.1) is 15.9 Å². The van der Waals surface area contributed by atoms with Crippen molar-refractivity contribution in [3.05, 3.63) is 34.1 Å². The van der Waals surface area contributed by atoms with Crippen LogP contribution >= 0.6 is 0 Å². The van der Waals surface area contributed by atoms with E-state index in [9.17, 15) is 14.5 Å². The van der Waals surface area contributed by atoms with Crippen molar-refractivity contribution in [3.63, 3.8) is 0 Å². The van der Waals surface area contributed by atoms with Crippen LogP contribution in [0.4, 0.5) is 15.8 Å². The fraction of sp³-hybridized carbons (Fsp3) is 0.571. The fourth-order valence-corrected chi connectivity index (χ4v) is 2.23. The monoisotopic (exact) mass is 298 g/mol. The molecule has 1 aliphatic rings. The predicted molar refractivity (Wildman–Crippen MR) is 76.0 cm³/mol. The lowest BCUT2D eigenvalue weighted by molar-refractivity contribution is -0.386. The lowest BCUT2D eigenvalue weighted by atomic mass is 10.1. The number of benzene rings is 1. The topological polar surface area (TPSA) is 73.6 Å². The van der Waals surface area contributed by atoms with E-state index < -0.39 is 16.4 Å². The Bertz CT molecular complexity index is 478. The number of ether oxygens (including phenoxy) is 2. The minimum absolute atomic E-state index is 0.200. The first kappa shape index (κ1) is 15.7. The Morgan fingerprint density at radius 3 is 2.90 bits per heavy atom. The highest BCUT2D eigenvalue weighted by Crippen LogP contribution is 2.27. The molecule has 2 rings (SSSR count). The van der Waals surface area contributed by atoms with E-state index in [1.54, 1.807) is 0 Å². The van der Waals surface area contributed by atoms with Gasteiger partial charge in [-0.3, -0.25) is 10.1 Å². The van der Waals surface area contributed by atoms with Gasteiger partial charge in [0.15, 0.2) is 0 Å². The Balaban J connectivity index is 1.73. The highest BCUT2D eigenvalue weighted by molar-refractivity contribution is 5.61. The summed E-state index contributed by atoms with van der Waals surface area (Å²) in [5.41, 5.74) is -0.311. The maximum Gasteiger partial charge on any atom is 0.327 e. The molecule has 116 valence electrons. The van der Waals surface area contributed by atoms with Crippen molar-refractivity contribution in [2.45, 2.75) is 25.4 Å². The zero-order chi connectivity index (χ0) is 15.1. The van der Waals surface area contributed by atoms with E-state index in [1.807, 2.05) is 0 Å². The molecule has 1 N–H and O–H groups in total. The SMILES string of the molecule is O=[N+]([O-])c1c(F)cccc1NCCCOC1CCOCC1. The Hall–Kier alpha value is -1.73. The van der Waals surface area contributed by atoms with Gasteiger partial charge in [-0.05, 0) is 31.4 Å². The summed E-state index contributed by atoms with van der Waals surface area (Å²) in [4.78, 5) is 10.1. The minimum Gasteiger partial charge on any atom is -0.381 e. The minimum atomic E-state index is -0.830. The van der Waals surface area contributed by atoms with E-state index in [0.29, 0.717) is 19.6 Å². The van der Waals surface area contributed by atoms with Crippen LogP contribution in [0.5, 0.6) is 0 Å². The van der Waals surface area contributed by atoms with Gasteiger partial charge in [0.1, 0.15) is 5.69 Å². The van der Waals surface area contributed by atoms with Gasteiger partial charge in [0.25, 0.3) is 0 Å². The summed E-state index contributed by atoms with van der Waals surface area (Å²) >= 11 is 0. The molecule has 1 heterocycles. The Morgan fingerprint density at radius 2 is 2.19 bits per heavy atom. The summed E-state index contributed by atoms with van der Waals surface area (Å²) < 4.78 is 24.3. The second kappa shape index (κ2) is 7.90. The molecule has 1 aliphatic heterocycles. The maximum atomic E-state index is 13.4. The number of nitrogens with zero attached hydrogens (tertiary/aromatic N) is 1. The van der Waals surface area contributed by atoms with Crippen LogP contribution in [0.25, 0.3) is 0 Å². The van der Waals surface area contributed by atoms with E-state index in [1.165, 1.54) is 12.1 Å². The molecule has 1 saturated heterocycles. The van der Waals surface area contributed by atoms with Crippen molar-refractivity contribution < 1.29 is 18.8 Å². The Morgan fingerprint density at radius 1 is 1.43 bits per heavy atom. The van der Waals surface area contributed by atoms with Gasteiger partial charge in [-0.2, -0.15) is 4.39 Å². The smallest absolute Gasteiger partial charge is 0.327 e. The van der Waals surface area contributed by atoms with Gasteiger partial charge in [-0.15, -0.1) is 0 Å². The van der Waals surface area contributed by atoms with Gasteiger partial charge in [0.05, 0.1) is 11.0 Å². The molecule has 0 saturated carbocycles. The van der Waals surface area contributed by atoms with Crippen LogP contribution < -0.4 is 5.32 Å². The van der Waals surface area contributed by atoms with Crippen LogP contribution in [0.2, 0.25) is 0 Å². The molecule has 0 atom stereocenters. The summed E-state index contributed by atoms with van der Waals surface area (Å²) in [6.45, 7) is 2.53. The number of nitro benzene ring substituents is 1. The van der Waals surface area contributed by atoms with Gasteiger partial charge in [-0.25, -0.2) is 0 Å². The number of hydrogen-bond acceptors (Lipinski definition) is 5. The summed E-state index contributed by atoms with van der Waals surface area (Å²) in [5.74, 6) is -0.830. The molecule has 21 heavy (non-hydrogen) atoms. The fourth-order valence-electron chi connectivity index (χ4n) is 2.23. The molecule has 0 bridgehead atoms. The molecule has 7 heteroatoms. The average Bonchev–Trinajstić information content (AvgIpc) is 2.47. The maximum absolute atomic E-state index is 13.4. The van der Waals surface area contributed by atoms with Crippen molar-refractivity contribution in [1.82, 2.24) is 0 Å².